The Morgan fingerprint density at radius 1 is 1.10 bits per heavy atom. The molecule has 2 aromatic carbocycles. The first-order valence-corrected chi connectivity index (χ1v) is 8.13. The van der Waals surface area contributed by atoms with E-state index in [9.17, 15) is 0 Å². The van der Waals surface area contributed by atoms with E-state index >= 15 is 0 Å². The molecule has 0 aliphatic carbocycles. The van der Waals surface area contributed by atoms with E-state index < -0.39 is 0 Å². The molecule has 5 heteroatoms. The average molecular weight is 414 g/mol. The molecule has 0 amide bonds. The first-order chi connectivity index (χ1) is 10.0. The molecule has 3 nitrogen and oxygen atoms in total. The molecule has 2 rings (SSSR count). The van der Waals surface area contributed by atoms with Crippen LogP contribution < -0.4 is 15.0 Å². The number of nitrogens with zero attached hydrogens (tertiary/aromatic N) is 1. The highest BCUT2D eigenvalue weighted by Crippen LogP contribution is 2.29. The second-order valence-electron chi connectivity index (χ2n) is 4.88. The van der Waals surface area contributed by atoms with Gasteiger partial charge in [0.2, 0.25) is 0 Å². The number of hydrogen-bond donors (Lipinski definition) is 1. The van der Waals surface area contributed by atoms with Crippen LogP contribution >= 0.6 is 31.9 Å². The van der Waals surface area contributed by atoms with Crippen LogP contribution in [0.3, 0.4) is 0 Å². The third kappa shape index (κ3) is 4.14. The molecule has 1 N–H and O–H groups in total. The first-order valence-electron chi connectivity index (χ1n) is 6.54. The van der Waals surface area contributed by atoms with Gasteiger partial charge in [-0.2, -0.15) is 0 Å². The Morgan fingerprint density at radius 2 is 1.86 bits per heavy atom. The van der Waals surface area contributed by atoms with Gasteiger partial charge in [0.15, 0.2) is 0 Å². The summed E-state index contributed by atoms with van der Waals surface area (Å²) >= 11 is 7.03. The molecular weight excluding hydrogens is 396 g/mol. The van der Waals surface area contributed by atoms with Gasteiger partial charge in [-0.15, -0.1) is 0 Å². The third-order valence-corrected chi connectivity index (χ3v) is 4.25. The maximum atomic E-state index is 5.25. The van der Waals surface area contributed by atoms with Crippen molar-refractivity contribution in [3.05, 3.63) is 50.9 Å². The second kappa shape index (κ2) is 7.18. The molecular formula is C16H18Br2N2O. The zero-order valence-corrected chi connectivity index (χ0v) is 15.5. The fourth-order valence-electron chi connectivity index (χ4n) is 2.06. The number of halogens is 2. The summed E-state index contributed by atoms with van der Waals surface area (Å²) in [7, 11) is 5.75. The molecule has 21 heavy (non-hydrogen) atoms. The average Bonchev–Trinajstić information content (AvgIpc) is 2.45. The zero-order valence-electron chi connectivity index (χ0n) is 12.3. The highest BCUT2D eigenvalue weighted by Gasteiger charge is 2.06. The molecule has 0 heterocycles. The minimum Gasteiger partial charge on any atom is -0.496 e. The van der Waals surface area contributed by atoms with Gasteiger partial charge < -0.3 is 15.0 Å². The van der Waals surface area contributed by atoms with Crippen LogP contribution in [0.25, 0.3) is 0 Å². The van der Waals surface area contributed by atoms with Crippen LogP contribution in [-0.4, -0.2) is 21.2 Å². The maximum absolute atomic E-state index is 5.25. The van der Waals surface area contributed by atoms with E-state index in [-0.39, 0.29) is 0 Å². The summed E-state index contributed by atoms with van der Waals surface area (Å²) in [4.78, 5) is 2.10. The quantitative estimate of drug-likeness (QED) is 0.754. The molecule has 0 saturated carbocycles. The number of anilines is 2. The van der Waals surface area contributed by atoms with Crippen LogP contribution in [0.15, 0.2) is 45.3 Å². The molecule has 0 aromatic heterocycles. The fraction of sp³-hybridized carbons (Fsp3) is 0.250. The van der Waals surface area contributed by atoms with Crippen LogP contribution in [0.1, 0.15) is 5.56 Å². The summed E-state index contributed by atoms with van der Waals surface area (Å²) in [5.74, 6) is 0.843. The predicted octanol–water partition coefficient (Wildman–Crippen LogP) is 4.90. The van der Waals surface area contributed by atoms with E-state index in [1.807, 2.05) is 26.2 Å². The maximum Gasteiger partial charge on any atom is 0.133 e. The monoisotopic (exact) mass is 412 g/mol. The number of methoxy groups -OCH3 is 1. The normalized spacial score (nSPS) is 10.3. The minimum atomic E-state index is 0.750. The molecule has 0 aliphatic heterocycles. The minimum absolute atomic E-state index is 0.750. The molecule has 0 fully saturated rings. The summed E-state index contributed by atoms with van der Waals surface area (Å²) in [5, 5.41) is 3.48. The Labute approximate surface area is 142 Å². The third-order valence-electron chi connectivity index (χ3n) is 3.14. The SMILES string of the molecule is COc1ccc(CNc2cc(Br)ccc2N(C)C)cc1Br. The number of nitrogens with one attached hydrogen (secondary N) is 1. The van der Waals surface area contributed by atoms with E-state index in [4.69, 9.17) is 4.74 Å². The van der Waals surface area contributed by atoms with Crippen molar-refractivity contribution in [1.82, 2.24) is 0 Å². The first kappa shape index (κ1) is 16.2. The molecule has 0 atom stereocenters. The highest BCUT2D eigenvalue weighted by atomic mass is 79.9. The van der Waals surface area contributed by atoms with Gasteiger partial charge in [-0.05, 0) is 51.8 Å². The Morgan fingerprint density at radius 3 is 2.48 bits per heavy atom. The number of hydrogen-bond acceptors (Lipinski definition) is 3. The lowest BCUT2D eigenvalue weighted by atomic mass is 10.2. The smallest absolute Gasteiger partial charge is 0.133 e. The fourth-order valence-corrected chi connectivity index (χ4v) is 3.01. The molecule has 2 aromatic rings. The molecule has 0 saturated heterocycles. The van der Waals surface area contributed by atoms with Crippen molar-refractivity contribution in [3.8, 4) is 5.75 Å². The molecule has 0 unspecified atom stereocenters. The summed E-state index contributed by atoms with van der Waals surface area (Å²) < 4.78 is 7.27. The predicted molar refractivity (Wildman–Crippen MR) is 96.5 cm³/mol. The van der Waals surface area contributed by atoms with Crippen LogP contribution in [0.4, 0.5) is 11.4 Å². The van der Waals surface area contributed by atoms with Gasteiger partial charge in [0.1, 0.15) is 5.75 Å². The number of rotatable bonds is 5. The van der Waals surface area contributed by atoms with Gasteiger partial charge in [0.25, 0.3) is 0 Å². The van der Waals surface area contributed by atoms with Gasteiger partial charge in [0, 0.05) is 25.1 Å². The van der Waals surface area contributed by atoms with E-state index in [2.05, 4.69) is 66.3 Å². The Bertz CT molecular complexity index is 630. The summed E-state index contributed by atoms with van der Waals surface area (Å²) in [6.45, 7) is 0.750. The van der Waals surface area contributed by atoms with Gasteiger partial charge in [-0.25, -0.2) is 0 Å². The van der Waals surface area contributed by atoms with E-state index in [0.717, 1.165) is 32.6 Å². The molecule has 0 aliphatic rings. The molecule has 0 bridgehead atoms. The molecule has 112 valence electrons. The van der Waals surface area contributed by atoms with Crippen molar-refractivity contribution < 1.29 is 4.74 Å². The van der Waals surface area contributed by atoms with Crippen molar-refractivity contribution >= 4 is 43.2 Å². The van der Waals surface area contributed by atoms with Crippen LogP contribution in [0.5, 0.6) is 5.75 Å². The van der Waals surface area contributed by atoms with Gasteiger partial charge in [0.05, 0.1) is 23.0 Å². The molecule has 0 spiro atoms. The summed E-state index contributed by atoms with van der Waals surface area (Å²) in [6.07, 6.45) is 0. The highest BCUT2D eigenvalue weighted by molar-refractivity contribution is 9.10. The standard InChI is InChI=1S/C16H18Br2N2O/c1-20(2)15-6-5-12(17)9-14(15)19-10-11-4-7-16(21-3)13(18)8-11/h4-9,19H,10H2,1-3H3. The van der Waals surface area contributed by atoms with Crippen molar-refractivity contribution in [2.75, 3.05) is 31.4 Å². The number of benzene rings is 2. The lowest BCUT2D eigenvalue weighted by Crippen LogP contribution is -2.12. The van der Waals surface area contributed by atoms with E-state index in [1.165, 1.54) is 5.56 Å². The van der Waals surface area contributed by atoms with Crippen molar-refractivity contribution in [2.24, 2.45) is 0 Å². The van der Waals surface area contributed by atoms with E-state index in [1.54, 1.807) is 7.11 Å². The Kier molecular flexibility index (Phi) is 5.53. The van der Waals surface area contributed by atoms with Gasteiger partial charge in [-0.1, -0.05) is 22.0 Å². The second-order valence-corrected chi connectivity index (χ2v) is 6.65. The van der Waals surface area contributed by atoms with Crippen LogP contribution in [0, 0.1) is 0 Å². The summed E-state index contributed by atoms with van der Waals surface area (Å²) in [6, 6.07) is 12.3. The molecule has 0 radical (unpaired) electrons. The van der Waals surface area contributed by atoms with Crippen molar-refractivity contribution in [3.63, 3.8) is 0 Å². The van der Waals surface area contributed by atoms with Crippen molar-refractivity contribution in [1.29, 1.82) is 0 Å². The summed E-state index contributed by atoms with van der Waals surface area (Å²) in [5.41, 5.74) is 3.44. The Hall–Kier alpha value is -1.20. The van der Waals surface area contributed by atoms with Gasteiger partial charge >= 0.3 is 0 Å². The van der Waals surface area contributed by atoms with Crippen LogP contribution in [0.2, 0.25) is 0 Å². The lowest BCUT2D eigenvalue weighted by Gasteiger charge is -2.19. The van der Waals surface area contributed by atoms with Crippen LogP contribution in [-0.2, 0) is 6.54 Å². The Balaban J connectivity index is 2.16. The van der Waals surface area contributed by atoms with Crippen molar-refractivity contribution in [2.45, 2.75) is 6.54 Å². The largest absolute Gasteiger partial charge is 0.496 e. The van der Waals surface area contributed by atoms with Gasteiger partial charge in [-0.3, -0.25) is 0 Å². The zero-order chi connectivity index (χ0) is 15.4. The topological polar surface area (TPSA) is 24.5 Å². The number of ether oxygens (including phenoxy) is 1. The van der Waals surface area contributed by atoms with E-state index in [0.29, 0.717) is 0 Å². The lowest BCUT2D eigenvalue weighted by molar-refractivity contribution is 0.412.